The maximum atomic E-state index is 5.28. The first-order valence-electron chi connectivity index (χ1n) is 5.34. The largest absolute Gasteiger partial charge is 0.297 e. The van der Waals surface area contributed by atoms with Crippen LogP contribution in [0.4, 0.5) is 0 Å². The van der Waals surface area contributed by atoms with Crippen LogP contribution in [0.1, 0.15) is 0 Å². The zero-order chi connectivity index (χ0) is 12.7. The predicted octanol–water partition coefficient (Wildman–Crippen LogP) is 3.26. The molecule has 0 aliphatic heterocycles. The van der Waals surface area contributed by atoms with E-state index in [-0.39, 0.29) is 0 Å². The number of halogens is 2. The summed E-state index contributed by atoms with van der Waals surface area (Å²) in [5.41, 5.74) is 1.83. The van der Waals surface area contributed by atoms with Gasteiger partial charge in [0.15, 0.2) is 7.11 Å². The Morgan fingerprint density at radius 3 is 2.39 bits per heavy atom. The number of aromatic nitrogens is 2. The molecule has 3 nitrogen and oxygen atoms in total. The normalized spacial score (nSPS) is 11.1. The number of rotatable bonds is 1. The second-order valence-electron chi connectivity index (χ2n) is 3.88. The minimum atomic E-state index is 0.894. The lowest BCUT2D eigenvalue weighted by Gasteiger charge is -2.02. The highest BCUT2D eigenvalue weighted by Gasteiger charge is 2.16. The van der Waals surface area contributed by atoms with Gasteiger partial charge in [0.2, 0.25) is 0 Å². The van der Waals surface area contributed by atoms with E-state index in [4.69, 9.17) is 4.84 Å². The maximum Gasteiger partial charge on any atom is 0.297 e. The van der Waals surface area contributed by atoms with Gasteiger partial charge in [-0.05, 0) is 30.3 Å². The van der Waals surface area contributed by atoms with Gasteiger partial charge in [0, 0.05) is 20.4 Å². The zero-order valence-corrected chi connectivity index (χ0v) is 12.7. The van der Waals surface area contributed by atoms with E-state index in [1.165, 1.54) is 4.85 Å². The Hall–Kier alpha value is -1.20. The molecule has 90 valence electrons. The number of hydrogen-bond acceptors (Lipinski definition) is 2. The molecule has 0 aliphatic rings. The summed E-state index contributed by atoms with van der Waals surface area (Å²) in [4.78, 5) is 6.82. The fraction of sp³-hybridized carbons (Fsp3) is 0.0769. The molecule has 0 amide bonds. The third-order valence-electron chi connectivity index (χ3n) is 2.78. The summed E-state index contributed by atoms with van der Waals surface area (Å²) >= 11 is 7.00. The molecular formula is C13H9Br2N2O+. The predicted molar refractivity (Wildman–Crippen MR) is 77.3 cm³/mol. The van der Waals surface area contributed by atoms with E-state index in [0.29, 0.717) is 0 Å². The summed E-state index contributed by atoms with van der Waals surface area (Å²) in [6.45, 7) is 0. The molecule has 1 aromatic heterocycles. The Morgan fingerprint density at radius 2 is 1.67 bits per heavy atom. The van der Waals surface area contributed by atoms with Gasteiger partial charge in [0.05, 0.1) is 10.5 Å². The third kappa shape index (κ3) is 1.87. The summed E-state index contributed by atoms with van der Waals surface area (Å²) in [6.07, 6.45) is 0. The minimum Gasteiger partial charge on any atom is -0.248 e. The molecule has 3 rings (SSSR count). The minimum absolute atomic E-state index is 0.894. The van der Waals surface area contributed by atoms with Gasteiger partial charge in [-0.15, -0.1) is 0 Å². The van der Waals surface area contributed by atoms with Crippen LogP contribution >= 0.6 is 31.9 Å². The van der Waals surface area contributed by atoms with E-state index in [1.54, 1.807) is 7.11 Å². The van der Waals surface area contributed by atoms with E-state index in [1.807, 2.05) is 24.3 Å². The lowest BCUT2D eigenvalue weighted by atomic mass is 10.1. The topological polar surface area (TPSA) is 26.0 Å². The van der Waals surface area contributed by atoms with Crippen LogP contribution in [-0.4, -0.2) is 12.2 Å². The maximum absolute atomic E-state index is 5.28. The summed E-state index contributed by atoms with van der Waals surface area (Å²) in [7, 11) is 1.61. The van der Waals surface area contributed by atoms with Crippen LogP contribution in [0.15, 0.2) is 45.3 Å². The van der Waals surface area contributed by atoms with Crippen LogP contribution in [0.5, 0.6) is 0 Å². The van der Waals surface area contributed by atoms with E-state index in [0.717, 1.165) is 30.8 Å². The molecule has 5 heteroatoms. The van der Waals surface area contributed by atoms with Crippen molar-refractivity contribution < 1.29 is 9.68 Å². The average molecular weight is 369 g/mol. The molecule has 2 aromatic carbocycles. The number of nitrogens with zero attached hydrogens (tertiary/aromatic N) is 2. The quantitative estimate of drug-likeness (QED) is 0.486. The highest BCUT2D eigenvalue weighted by Crippen LogP contribution is 2.26. The molecule has 0 unspecified atom stereocenters. The third-order valence-corrected chi connectivity index (χ3v) is 3.77. The van der Waals surface area contributed by atoms with Gasteiger partial charge in [0.25, 0.3) is 5.52 Å². The number of fused-ring (bicyclic) bond motifs is 3. The standard InChI is InChI=1S/C13H9Br2N2O/c1-18-17-13-5-3-9(15)7-11(13)10-6-8(14)2-4-12(10)16-17/h2-7H,1H3/q+1. The Bertz CT molecular complexity index is 759. The number of hydrogen-bond donors (Lipinski definition) is 0. The molecule has 0 saturated heterocycles. The van der Waals surface area contributed by atoms with Crippen molar-refractivity contribution >= 4 is 53.7 Å². The number of benzene rings is 2. The van der Waals surface area contributed by atoms with Crippen LogP contribution in [0.2, 0.25) is 0 Å². The summed E-state index contributed by atoms with van der Waals surface area (Å²) in [5, 5.41) is 6.64. The molecule has 0 spiro atoms. The SMILES string of the molecule is CO[n+]1nc2ccc(Br)cc2c2cc(Br)ccc21. The Kier molecular flexibility index (Phi) is 2.95. The van der Waals surface area contributed by atoms with Gasteiger partial charge in [-0.25, -0.2) is 4.84 Å². The van der Waals surface area contributed by atoms with Crippen molar-refractivity contribution in [2.45, 2.75) is 0 Å². The van der Waals surface area contributed by atoms with Crippen molar-refractivity contribution in [3.8, 4) is 0 Å². The summed E-state index contributed by atoms with van der Waals surface area (Å²) in [5.74, 6) is 0. The monoisotopic (exact) mass is 367 g/mol. The smallest absolute Gasteiger partial charge is 0.248 e. The second kappa shape index (κ2) is 4.48. The molecular weight excluding hydrogens is 360 g/mol. The second-order valence-corrected chi connectivity index (χ2v) is 5.71. The van der Waals surface area contributed by atoms with Gasteiger partial charge in [-0.2, -0.15) is 0 Å². The van der Waals surface area contributed by atoms with Crippen LogP contribution < -0.4 is 9.68 Å². The van der Waals surface area contributed by atoms with E-state index in [2.05, 4.69) is 49.1 Å². The molecule has 0 fully saturated rings. The molecule has 0 saturated carbocycles. The molecule has 0 atom stereocenters. The summed E-state index contributed by atoms with van der Waals surface area (Å²) in [6, 6.07) is 12.0. The van der Waals surface area contributed by atoms with Crippen LogP contribution in [-0.2, 0) is 0 Å². The van der Waals surface area contributed by atoms with E-state index < -0.39 is 0 Å². The first-order valence-corrected chi connectivity index (χ1v) is 6.93. The van der Waals surface area contributed by atoms with Crippen LogP contribution in [0, 0.1) is 0 Å². The lowest BCUT2D eigenvalue weighted by molar-refractivity contribution is -0.908. The van der Waals surface area contributed by atoms with E-state index >= 15 is 0 Å². The van der Waals surface area contributed by atoms with Crippen molar-refractivity contribution in [2.24, 2.45) is 0 Å². The van der Waals surface area contributed by atoms with Crippen molar-refractivity contribution in [1.82, 2.24) is 5.10 Å². The van der Waals surface area contributed by atoms with E-state index in [9.17, 15) is 0 Å². The molecule has 3 aromatic rings. The zero-order valence-electron chi connectivity index (χ0n) is 9.52. The highest BCUT2D eigenvalue weighted by atomic mass is 79.9. The van der Waals surface area contributed by atoms with Crippen molar-refractivity contribution in [1.29, 1.82) is 0 Å². The molecule has 0 aliphatic carbocycles. The summed E-state index contributed by atoms with van der Waals surface area (Å²) < 4.78 is 2.07. The lowest BCUT2D eigenvalue weighted by Crippen LogP contribution is -2.45. The Morgan fingerprint density at radius 1 is 1.00 bits per heavy atom. The first-order chi connectivity index (χ1) is 8.69. The van der Waals surface area contributed by atoms with Crippen LogP contribution in [0.25, 0.3) is 21.8 Å². The van der Waals surface area contributed by atoms with Gasteiger partial charge < -0.3 is 0 Å². The van der Waals surface area contributed by atoms with Crippen LogP contribution in [0.3, 0.4) is 0 Å². The molecule has 0 N–H and O–H groups in total. The average Bonchev–Trinajstić information content (AvgIpc) is 2.38. The van der Waals surface area contributed by atoms with Gasteiger partial charge in [-0.3, -0.25) is 0 Å². The molecule has 1 heterocycles. The molecule has 18 heavy (non-hydrogen) atoms. The molecule has 0 radical (unpaired) electrons. The van der Waals surface area contributed by atoms with Gasteiger partial charge in [0.1, 0.15) is 10.4 Å². The molecule has 0 bridgehead atoms. The van der Waals surface area contributed by atoms with Gasteiger partial charge >= 0.3 is 0 Å². The highest BCUT2D eigenvalue weighted by molar-refractivity contribution is 9.10. The van der Waals surface area contributed by atoms with Gasteiger partial charge in [-0.1, -0.05) is 31.9 Å². The van der Waals surface area contributed by atoms with Crippen molar-refractivity contribution in [2.75, 3.05) is 7.11 Å². The van der Waals surface area contributed by atoms with Crippen molar-refractivity contribution in [3.63, 3.8) is 0 Å². The first kappa shape index (κ1) is 11.9. The van der Waals surface area contributed by atoms with Crippen molar-refractivity contribution in [3.05, 3.63) is 45.3 Å². The fourth-order valence-electron chi connectivity index (χ4n) is 1.99. The Balaban J connectivity index is 2.55. The fourth-order valence-corrected chi connectivity index (χ4v) is 2.72. The Labute approximate surface area is 121 Å².